The maximum Gasteiger partial charge on any atom is 0.270 e. The lowest BCUT2D eigenvalue weighted by Gasteiger charge is -2.32. The normalized spacial score (nSPS) is 18.5. The van der Waals surface area contributed by atoms with Crippen molar-refractivity contribution in [3.63, 3.8) is 0 Å². The average Bonchev–Trinajstić information content (AvgIpc) is 3.06. The number of nitrogens with zero attached hydrogens (tertiary/aromatic N) is 3. The van der Waals surface area contributed by atoms with Crippen molar-refractivity contribution in [2.24, 2.45) is 0 Å². The van der Waals surface area contributed by atoms with E-state index in [0.717, 1.165) is 51.4 Å². The van der Waals surface area contributed by atoms with Crippen molar-refractivity contribution in [1.29, 1.82) is 0 Å². The maximum absolute atomic E-state index is 12.7. The molecule has 4 rings (SSSR count). The number of amides is 1. The lowest BCUT2D eigenvalue weighted by Crippen LogP contribution is -2.47. The summed E-state index contributed by atoms with van der Waals surface area (Å²) in [6.45, 7) is 5.39. The molecule has 0 saturated carbocycles. The number of hydrogen-bond acceptors (Lipinski definition) is 3. The van der Waals surface area contributed by atoms with Crippen molar-refractivity contribution < 1.29 is 4.79 Å². The van der Waals surface area contributed by atoms with Crippen molar-refractivity contribution in [2.75, 3.05) is 44.7 Å². The highest BCUT2D eigenvalue weighted by molar-refractivity contribution is 5.93. The van der Waals surface area contributed by atoms with Gasteiger partial charge < -0.3 is 19.7 Å². The number of nitrogens with one attached hydrogen (secondary N) is 1. The second kappa shape index (κ2) is 6.32. The summed E-state index contributed by atoms with van der Waals surface area (Å²) < 4.78 is 0. The Hall–Kier alpha value is -2.27. The Bertz CT molecular complexity index is 716. The summed E-state index contributed by atoms with van der Waals surface area (Å²) in [7, 11) is 2.10. The van der Waals surface area contributed by atoms with Gasteiger partial charge in [-0.2, -0.15) is 0 Å². The highest BCUT2D eigenvalue weighted by Gasteiger charge is 2.25. The Morgan fingerprint density at radius 3 is 2.54 bits per heavy atom. The van der Waals surface area contributed by atoms with Gasteiger partial charge >= 0.3 is 0 Å². The molecule has 1 aromatic heterocycles. The molecule has 0 spiro atoms. The Balaban J connectivity index is 1.49. The largest absolute Gasteiger partial charge is 0.367 e. The molecule has 0 aliphatic carbocycles. The molecule has 5 nitrogen and oxygen atoms in total. The highest BCUT2D eigenvalue weighted by Crippen LogP contribution is 2.25. The fraction of sp³-hybridized carbons (Fsp3) is 0.421. The van der Waals surface area contributed by atoms with E-state index in [-0.39, 0.29) is 5.91 Å². The smallest absolute Gasteiger partial charge is 0.270 e. The number of piperazine rings is 1. The lowest BCUT2D eigenvalue weighted by atomic mass is 10.1. The average molecular weight is 324 g/mol. The predicted octanol–water partition coefficient (Wildman–Crippen LogP) is 1.96. The molecule has 0 unspecified atom stereocenters. The maximum atomic E-state index is 12.7. The van der Waals surface area contributed by atoms with Crippen molar-refractivity contribution >= 4 is 11.6 Å². The zero-order chi connectivity index (χ0) is 16.5. The Morgan fingerprint density at radius 1 is 1.04 bits per heavy atom. The SMILES string of the molecule is CN1CCN(C(=O)c2cc3c([nH]2)CCN(c2ccccc2)C3)CC1. The molecule has 0 atom stereocenters. The van der Waals surface area contributed by atoms with Crippen LogP contribution in [0.25, 0.3) is 0 Å². The fourth-order valence-corrected chi connectivity index (χ4v) is 3.59. The van der Waals surface area contributed by atoms with E-state index in [9.17, 15) is 4.79 Å². The first-order chi connectivity index (χ1) is 11.7. The summed E-state index contributed by atoms with van der Waals surface area (Å²) in [6.07, 6.45) is 0.959. The molecular weight excluding hydrogens is 300 g/mol. The molecule has 1 saturated heterocycles. The molecule has 1 aromatic carbocycles. The lowest BCUT2D eigenvalue weighted by molar-refractivity contribution is 0.0658. The zero-order valence-corrected chi connectivity index (χ0v) is 14.2. The van der Waals surface area contributed by atoms with Gasteiger partial charge in [0.25, 0.3) is 5.91 Å². The van der Waals surface area contributed by atoms with Crippen LogP contribution in [-0.2, 0) is 13.0 Å². The molecule has 2 aliphatic rings. The first-order valence-electron chi connectivity index (χ1n) is 8.69. The van der Waals surface area contributed by atoms with Crippen LogP contribution in [0.2, 0.25) is 0 Å². The number of benzene rings is 1. The molecule has 1 N–H and O–H groups in total. The number of rotatable bonds is 2. The summed E-state index contributed by atoms with van der Waals surface area (Å²) in [6, 6.07) is 12.5. The van der Waals surface area contributed by atoms with Crippen LogP contribution < -0.4 is 4.90 Å². The van der Waals surface area contributed by atoms with Crippen LogP contribution in [0.5, 0.6) is 0 Å². The van der Waals surface area contributed by atoms with Crippen molar-refractivity contribution in [3.05, 3.63) is 53.3 Å². The number of aromatic nitrogens is 1. The third-order valence-corrected chi connectivity index (χ3v) is 5.13. The topological polar surface area (TPSA) is 42.6 Å². The van der Waals surface area contributed by atoms with Gasteiger partial charge in [0.15, 0.2) is 0 Å². The summed E-state index contributed by atoms with van der Waals surface area (Å²) in [5.74, 6) is 0.142. The van der Waals surface area contributed by atoms with Crippen molar-refractivity contribution in [3.8, 4) is 0 Å². The van der Waals surface area contributed by atoms with Crippen molar-refractivity contribution in [1.82, 2.24) is 14.8 Å². The first-order valence-corrected chi connectivity index (χ1v) is 8.69. The van der Waals surface area contributed by atoms with E-state index >= 15 is 0 Å². The minimum atomic E-state index is 0.142. The monoisotopic (exact) mass is 324 g/mol. The Labute approximate surface area is 142 Å². The molecule has 2 aliphatic heterocycles. The van der Waals surface area contributed by atoms with E-state index in [1.807, 2.05) is 11.0 Å². The van der Waals surface area contributed by atoms with E-state index in [0.29, 0.717) is 0 Å². The second-order valence-electron chi connectivity index (χ2n) is 6.79. The van der Waals surface area contributed by atoms with Crippen LogP contribution in [0, 0.1) is 0 Å². The number of H-pyrrole nitrogens is 1. The molecule has 126 valence electrons. The summed E-state index contributed by atoms with van der Waals surface area (Å²) in [5.41, 5.74) is 4.47. The van der Waals surface area contributed by atoms with Gasteiger partial charge in [-0.05, 0) is 30.8 Å². The summed E-state index contributed by atoms with van der Waals surface area (Å²) in [5, 5.41) is 0. The minimum absolute atomic E-state index is 0.142. The van der Waals surface area contributed by atoms with Crippen LogP contribution in [0.3, 0.4) is 0 Å². The van der Waals surface area contributed by atoms with E-state index in [4.69, 9.17) is 0 Å². The number of carbonyl (C=O) groups excluding carboxylic acids is 1. The van der Waals surface area contributed by atoms with Gasteiger partial charge in [-0.3, -0.25) is 4.79 Å². The molecule has 1 amide bonds. The molecule has 5 heteroatoms. The van der Waals surface area contributed by atoms with Gasteiger partial charge in [-0.15, -0.1) is 0 Å². The molecule has 0 radical (unpaired) electrons. The number of likely N-dealkylation sites (N-methyl/N-ethyl adjacent to an activating group) is 1. The van der Waals surface area contributed by atoms with Gasteiger partial charge in [0.2, 0.25) is 0 Å². The van der Waals surface area contributed by atoms with Gasteiger partial charge in [-0.25, -0.2) is 0 Å². The second-order valence-corrected chi connectivity index (χ2v) is 6.79. The molecular formula is C19H24N4O. The molecule has 2 aromatic rings. The fourth-order valence-electron chi connectivity index (χ4n) is 3.59. The molecule has 1 fully saturated rings. The van der Waals surface area contributed by atoms with Crippen LogP contribution in [0.1, 0.15) is 21.7 Å². The minimum Gasteiger partial charge on any atom is -0.367 e. The molecule has 3 heterocycles. The number of anilines is 1. The summed E-state index contributed by atoms with van der Waals surface area (Å²) in [4.78, 5) is 22.7. The number of fused-ring (bicyclic) bond motifs is 1. The Morgan fingerprint density at radius 2 is 1.79 bits per heavy atom. The number of aromatic amines is 1. The highest BCUT2D eigenvalue weighted by atomic mass is 16.2. The van der Waals surface area contributed by atoms with Crippen LogP contribution in [0.15, 0.2) is 36.4 Å². The standard InChI is InChI=1S/C19H24N4O/c1-21-9-11-22(12-10-21)19(24)18-13-15-14-23(8-7-17(15)20-18)16-5-3-2-4-6-16/h2-6,13,20H,7-12,14H2,1H3. The number of carbonyl (C=O) groups is 1. The molecule has 0 bridgehead atoms. The van der Waals surface area contributed by atoms with Gasteiger partial charge in [-0.1, -0.05) is 18.2 Å². The zero-order valence-electron chi connectivity index (χ0n) is 14.2. The summed E-state index contributed by atoms with van der Waals surface area (Å²) >= 11 is 0. The van der Waals surface area contributed by atoms with Crippen LogP contribution in [0.4, 0.5) is 5.69 Å². The van der Waals surface area contributed by atoms with E-state index in [2.05, 4.69) is 52.2 Å². The Kier molecular flexibility index (Phi) is 4.02. The van der Waals surface area contributed by atoms with Crippen LogP contribution >= 0.6 is 0 Å². The van der Waals surface area contributed by atoms with Crippen molar-refractivity contribution in [2.45, 2.75) is 13.0 Å². The third-order valence-electron chi connectivity index (χ3n) is 5.13. The van der Waals surface area contributed by atoms with Gasteiger partial charge in [0, 0.05) is 57.1 Å². The van der Waals surface area contributed by atoms with Gasteiger partial charge in [0.05, 0.1) is 0 Å². The number of para-hydroxylation sites is 1. The third kappa shape index (κ3) is 2.91. The first kappa shape index (κ1) is 15.3. The number of hydrogen-bond donors (Lipinski definition) is 1. The van der Waals surface area contributed by atoms with E-state index in [1.165, 1.54) is 16.9 Å². The van der Waals surface area contributed by atoms with Gasteiger partial charge in [0.1, 0.15) is 5.69 Å². The van der Waals surface area contributed by atoms with Crippen LogP contribution in [-0.4, -0.2) is 60.5 Å². The quantitative estimate of drug-likeness (QED) is 0.918. The van der Waals surface area contributed by atoms with E-state index in [1.54, 1.807) is 0 Å². The molecule has 24 heavy (non-hydrogen) atoms. The predicted molar refractivity (Wildman–Crippen MR) is 95.4 cm³/mol. The van der Waals surface area contributed by atoms with E-state index < -0.39 is 0 Å².